The van der Waals surface area contributed by atoms with Crippen molar-refractivity contribution in [3.63, 3.8) is 0 Å². The summed E-state index contributed by atoms with van der Waals surface area (Å²) in [4.78, 5) is 20.6. The maximum Gasteiger partial charge on any atom is 0.360 e. The van der Waals surface area contributed by atoms with Crippen molar-refractivity contribution in [1.82, 2.24) is 4.98 Å². The van der Waals surface area contributed by atoms with E-state index < -0.39 is 5.97 Å². The maximum absolute atomic E-state index is 11.2. The number of fused-ring (bicyclic) bond motifs is 1. The number of nitrogens with two attached hydrogens (primary N) is 1. The molecule has 21 heavy (non-hydrogen) atoms. The lowest BCUT2D eigenvalue weighted by atomic mass is 10.1. The van der Waals surface area contributed by atoms with Crippen LogP contribution in [0.1, 0.15) is 16.8 Å². The minimum absolute atomic E-state index is 0.146. The normalized spacial score (nSPS) is 15.0. The Labute approximate surface area is 124 Å². The molecule has 0 atom stereocenters. The first-order valence-corrected chi connectivity index (χ1v) is 7.26. The highest BCUT2D eigenvalue weighted by Crippen LogP contribution is 2.24. The average molecular weight is 303 g/mol. The number of benzene rings is 1. The van der Waals surface area contributed by atoms with Crippen LogP contribution in [0.15, 0.2) is 34.8 Å². The quantitative estimate of drug-likeness (QED) is 0.661. The number of anilines is 1. The zero-order chi connectivity index (χ0) is 14.8. The van der Waals surface area contributed by atoms with Crippen LogP contribution in [0.25, 0.3) is 0 Å². The fraction of sp³-hybridized carbons (Fsp3) is 0.214. The van der Waals surface area contributed by atoms with Crippen LogP contribution in [0.5, 0.6) is 0 Å². The van der Waals surface area contributed by atoms with E-state index in [4.69, 9.17) is 10.6 Å². The van der Waals surface area contributed by atoms with Gasteiger partial charge in [-0.05, 0) is 11.1 Å². The van der Waals surface area contributed by atoms with E-state index in [-0.39, 0.29) is 17.5 Å². The molecule has 0 unspecified atom stereocenters. The van der Waals surface area contributed by atoms with Crippen LogP contribution in [-0.4, -0.2) is 27.9 Å². The molecule has 1 aromatic heterocycles. The number of hydrogen-bond acceptors (Lipinski definition) is 6. The summed E-state index contributed by atoms with van der Waals surface area (Å²) in [6.07, 6.45) is 1.31. The second-order valence-electron chi connectivity index (χ2n) is 4.72. The number of oxime groups is 1. The molecular formula is C14H13N3O3S. The molecule has 3 rings (SSSR count). The van der Waals surface area contributed by atoms with Crippen molar-refractivity contribution in [2.75, 3.05) is 5.73 Å². The third-order valence-electron chi connectivity index (χ3n) is 3.27. The van der Waals surface area contributed by atoms with Crippen molar-refractivity contribution in [1.29, 1.82) is 0 Å². The fourth-order valence-corrected chi connectivity index (χ4v) is 2.86. The Morgan fingerprint density at radius 1 is 1.38 bits per heavy atom. The molecule has 0 bridgehead atoms. The maximum atomic E-state index is 11.2. The predicted molar refractivity (Wildman–Crippen MR) is 79.4 cm³/mol. The fourth-order valence-electron chi connectivity index (χ4n) is 2.31. The summed E-state index contributed by atoms with van der Waals surface area (Å²) >= 11 is 1.16. The molecule has 0 spiro atoms. The van der Waals surface area contributed by atoms with Gasteiger partial charge in [0.2, 0.25) is 5.71 Å². The Morgan fingerprint density at radius 2 is 2.05 bits per heavy atom. The van der Waals surface area contributed by atoms with E-state index in [2.05, 4.69) is 10.1 Å². The number of nitrogens with zero attached hydrogens (tertiary/aromatic N) is 2. The smallest absolute Gasteiger partial charge is 0.360 e. The van der Waals surface area contributed by atoms with E-state index >= 15 is 0 Å². The second-order valence-corrected chi connectivity index (χ2v) is 5.61. The van der Waals surface area contributed by atoms with Crippen molar-refractivity contribution < 1.29 is 14.7 Å². The number of carbonyl (C=O) groups is 1. The molecule has 2 aromatic rings. The van der Waals surface area contributed by atoms with E-state index in [1.807, 2.05) is 24.3 Å². The van der Waals surface area contributed by atoms with E-state index in [0.29, 0.717) is 5.13 Å². The van der Waals surface area contributed by atoms with E-state index in [1.165, 1.54) is 11.1 Å². The highest BCUT2D eigenvalue weighted by atomic mass is 32.1. The highest BCUT2D eigenvalue weighted by molar-refractivity contribution is 7.13. The van der Waals surface area contributed by atoms with Gasteiger partial charge in [0.25, 0.3) is 0 Å². The van der Waals surface area contributed by atoms with Crippen molar-refractivity contribution in [2.24, 2.45) is 5.16 Å². The lowest BCUT2D eigenvalue weighted by Crippen LogP contribution is -2.18. The van der Waals surface area contributed by atoms with Gasteiger partial charge in [-0.1, -0.05) is 29.4 Å². The Balaban J connectivity index is 1.74. The molecule has 0 aliphatic heterocycles. The Morgan fingerprint density at radius 3 is 2.57 bits per heavy atom. The summed E-state index contributed by atoms with van der Waals surface area (Å²) in [5, 5.41) is 14.8. The Hall–Kier alpha value is -2.41. The number of carboxylic acid groups (broad SMARTS) is 1. The van der Waals surface area contributed by atoms with Crippen LogP contribution in [0.3, 0.4) is 0 Å². The van der Waals surface area contributed by atoms with Crippen LogP contribution in [-0.2, 0) is 22.5 Å². The summed E-state index contributed by atoms with van der Waals surface area (Å²) < 4.78 is 0. The van der Waals surface area contributed by atoms with Crippen molar-refractivity contribution >= 4 is 28.1 Å². The Bertz CT molecular complexity index is 686. The largest absolute Gasteiger partial charge is 0.476 e. The lowest BCUT2D eigenvalue weighted by Gasteiger charge is -2.07. The number of thiazole rings is 1. The first-order chi connectivity index (χ1) is 10.1. The van der Waals surface area contributed by atoms with Gasteiger partial charge >= 0.3 is 5.97 Å². The minimum Gasteiger partial charge on any atom is -0.476 e. The minimum atomic E-state index is -1.18. The lowest BCUT2D eigenvalue weighted by molar-refractivity contribution is -0.129. The van der Waals surface area contributed by atoms with Crippen LogP contribution in [0, 0.1) is 0 Å². The molecule has 1 aliphatic rings. The molecular weight excluding hydrogens is 290 g/mol. The van der Waals surface area contributed by atoms with E-state index in [1.54, 1.807) is 5.38 Å². The zero-order valence-electron chi connectivity index (χ0n) is 11.0. The van der Waals surface area contributed by atoms with Gasteiger partial charge in [0.15, 0.2) is 5.13 Å². The SMILES string of the molecule is Nc1nc(C(=NOC2Cc3ccccc3C2)C(=O)O)cs1. The molecule has 0 saturated carbocycles. The van der Waals surface area contributed by atoms with Crippen molar-refractivity contribution in [3.05, 3.63) is 46.5 Å². The molecule has 1 aliphatic carbocycles. The molecule has 0 radical (unpaired) electrons. The highest BCUT2D eigenvalue weighted by Gasteiger charge is 2.24. The average Bonchev–Trinajstić information content (AvgIpc) is 3.04. The first-order valence-electron chi connectivity index (χ1n) is 6.38. The molecule has 1 heterocycles. The van der Waals surface area contributed by atoms with Gasteiger partial charge in [-0.25, -0.2) is 9.78 Å². The first kappa shape index (κ1) is 13.6. The van der Waals surface area contributed by atoms with Crippen LogP contribution < -0.4 is 5.73 Å². The zero-order valence-corrected chi connectivity index (χ0v) is 11.8. The number of nitrogen functional groups attached to an aromatic ring is 1. The van der Waals surface area contributed by atoms with Crippen molar-refractivity contribution in [2.45, 2.75) is 18.9 Å². The van der Waals surface area contributed by atoms with Gasteiger partial charge < -0.3 is 15.7 Å². The van der Waals surface area contributed by atoms with Gasteiger partial charge in [0, 0.05) is 18.2 Å². The topological polar surface area (TPSA) is 97.8 Å². The summed E-state index contributed by atoms with van der Waals surface area (Å²) in [5.74, 6) is -1.18. The summed E-state index contributed by atoms with van der Waals surface area (Å²) in [6, 6.07) is 8.04. The number of hydrogen-bond donors (Lipinski definition) is 2. The summed E-state index contributed by atoms with van der Waals surface area (Å²) in [6.45, 7) is 0. The number of aliphatic carboxylic acids is 1. The number of carboxylic acids is 1. The monoisotopic (exact) mass is 303 g/mol. The summed E-state index contributed by atoms with van der Waals surface area (Å²) in [5.41, 5.74) is 7.94. The van der Waals surface area contributed by atoms with Crippen LogP contribution in [0.2, 0.25) is 0 Å². The number of aromatic nitrogens is 1. The molecule has 108 valence electrons. The predicted octanol–water partition coefficient (Wildman–Crippen LogP) is 1.70. The van der Waals surface area contributed by atoms with Crippen LogP contribution in [0.4, 0.5) is 5.13 Å². The molecule has 0 amide bonds. The molecule has 3 N–H and O–H groups in total. The van der Waals surface area contributed by atoms with Gasteiger partial charge in [-0.2, -0.15) is 0 Å². The standard InChI is InChI=1S/C14H13N3O3S/c15-14-16-11(7-21-14)12(13(18)19)17-20-10-5-8-3-1-2-4-9(8)6-10/h1-4,7,10H,5-6H2,(H2,15,16)(H,18,19). The molecule has 1 aromatic carbocycles. The Kier molecular flexibility index (Phi) is 3.57. The molecule has 0 saturated heterocycles. The third kappa shape index (κ3) is 2.87. The van der Waals surface area contributed by atoms with Gasteiger partial charge in [-0.3, -0.25) is 0 Å². The van der Waals surface area contributed by atoms with Crippen LogP contribution >= 0.6 is 11.3 Å². The molecule has 0 fully saturated rings. The number of rotatable bonds is 4. The van der Waals surface area contributed by atoms with E-state index in [0.717, 1.165) is 24.2 Å². The second kappa shape index (κ2) is 5.53. The van der Waals surface area contributed by atoms with Crippen molar-refractivity contribution in [3.8, 4) is 0 Å². The van der Waals surface area contributed by atoms with Gasteiger partial charge in [0.05, 0.1) is 0 Å². The molecule has 7 heteroatoms. The third-order valence-corrected chi connectivity index (χ3v) is 3.95. The van der Waals surface area contributed by atoms with Gasteiger partial charge in [0.1, 0.15) is 11.8 Å². The van der Waals surface area contributed by atoms with E-state index in [9.17, 15) is 9.90 Å². The van der Waals surface area contributed by atoms with Gasteiger partial charge in [-0.15, -0.1) is 11.3 Å². The molecule has 6 nitrogen and oxygen atoms in total. The summed E-state index contributed by atoms with van der Waals surface area (Å²) in [7, 11) is 0.